The lowest BCUT2D eigenvalue weighted by molar-refractivity contribution is -0.167. The minimum atomic E-state index is -0.789. The minimum absolute atomic E-state index is 0.0841. The van der Waals surface area contributed by atoms with Gasteiger partial charge in [-0.2, -0.15) is 0 Å². The van der Waals surface area contributed by atoms with E-state index in [2.05, 4.69) is 81.5 Å². The van der Waals surface area contributed by atoms with Crippen molar-refractivity contribution in [3.05, 3.63) is 60.8 Å². The summed E-state index contributed by atoms with van der Waals surface area (Å²) < 4.78 is 16.9. The number of hydrogen-bond acceptors (Lipinski definition) is 6. The Morgan fingerprint density at radius 2 is 0.549 bits per heavy atom. The van der Waals surface area contributed by atoms with Gasteiger partial charge in [0.1, 0.15) is 13.2 Å². The largest absolute Gasteiger partial charge is 0.462 e. The predicted molar refractivity (Wildman–Crippen MR) is 307 cm³/mol. The molecule has 0 aliphatic rings. The van der Waals surface area contributed by atoms with Crippen LogP contribution < -0.4 is 0 Å². The van der Waals surface area contributed by atoms with Crippen molar-refractivity contribution in [2.75, 3.05) is 13.2 Å². The molecule has 0 saturated heterocycles. The third-order valence-electron chi connectivity index (χ3n) is 13.5. The molecule has 0 heterocycles. The van der Waals surface area contributed by atoms with E-state index in [0.29, 0.717) is 19.3 Å². The van der Waals surface area contributed by atoms with Crippen molar-refractivity contribution < 1.29 is 28.6 Å². The third kappa shape index (κ3) is 57.9. The number of ether oxygens (including phenoxy) is 3. The lowest BCUT2D eigenvalue weighted by Gasteiger charge is -2.18. The van der Waals surface area contributed by atoms with E-state index in [0.717, 1.165) is 103 Å². The maximum atomic E-state index is 12.9. The Hall–Kier alpha value is -2.89. The Balaban J connectivity index is 4.31. The van der Waals surface area contributed by atoms with Crippen molar-refractivity contribution >= 4 is 17.9 Å². The van der Waals surface area contributed by atoms with E-state index in [1.807, 2.05) is 0 Å². The predicted octanol–water partition coefficient (Wildman–Crippen LogP) is 20.8. The van der Waals surface area contributed by atoms with E-state index in [4.69, 9.17) is 14.2 Å². The van der Waals surface area contributed by atoms with E-state index < -0.39 is 6.10 Å². The summed E-state index contributed by atoms with van der Waals surface area (Å²) in [5.41, 5.74) is 0. The van der Waals surface area contributed by atoms with Gasteiger partial charge < -0.3 is 14.2 Å². The zero-order valence-corrected chi connectivity index (χ0v) is 47.2. The first-order chi connectivity index (χ1) is 35.0. The molecule has 0 aliphatic heterocycles. The fraction of sp³-hybridized carbons (Fsp3) is 0.800. The molecule has 0 aromatic heterocycles. The molecule has 0 aliphatic carbocycles. The highest BCUT2D eigenvalue weighted by molar-refractivity contribution is 5.71. The first kappa shape index (κ1) is 68.1. The first-order valence-corrected chi connectivity index (χ1v) is 30.8. The van der Waals surface area contributed by atoms with Crippen LogP contribution in [0.25, 0.3) is 0 Å². The monoisotopic (exact) mass is 993 g/mol. The van der Waals surface area contributed by atoms with Crippen LogP contribution in [0.5, 0.6) is 0 Å². The van der Waals surface area contributed by atoms with Crippen LogP contribution in [0.2, 0.25) is 0 Å². The first-order valence-electron chi connectivity index (χ1n) is 30.8. The molecule has 71 heavy (non-hydrogen) atoms. The Bertz CT molecular complexity index is 1280. The molecule has 0 rings (SSSR count). The van der Waals surface area contributed by atoms with Crippen molar-refractivity contribution in [2.45, 2.75) is 322 Å². The smallest absolute Gasteiger partial charge is 0.306 e. The van der Waals surface area contributed by atoms with Crippen LogP contribution in [0.3, 0.4) is 0 Å². The standard InChI is InChI=1S/C65H116O6/c1-4-7-10-13-16-19-22-25-27-29-30-31-32-33-34-36-37-40-43-46-49-52-55-58-64(67)70-61-62(60-69-63(66)57-54-51-48-45-42-39-24-21-18-15-12-9-6-3)71-65(68)59-56-53-50-47-44-41-38-35-28-26-23-20-17-14-11-8-5-2/h8,11,17,20-21,24,26,28,38,41,62H,4-7,9-10,12-16,18-19,22-23,25,27,29-37,39-40,42-61H2,1-3H3/b11-8-,20-17-,24-21-,28-26-,41-38-. The van der Waals surface area contributed by atoms with Gasteiger partial charge in [-0.1, -0.05) is 274 Å². The molecule has 6 nitrogen and oxygen atoms in total. The second-order valence-corrected chi connectivity index (χ2v) is 20.6. The highest BCUT2D eigenvalue weighted by atomic mass is 16.6. The maximum Gasteiger partial charge on any atom is 0.306 e. The molecule has 0 spiro atoms. The average Bonchev–Trinajstić information content (AvgIpc) is 3.37. The lowest BCUT2D eigenvalue weighted by Crippen LogP contribution is -2.30. The summed E-state index contributed by atoms with van der Waals surface area (Å²) in [6, 6.07) is 0. The number of carbonyl (C=O) groups excluding carboxylic acids is 3. The highest BCUT2D eigenvalue weighted by Gasteiger charge is 2.19. The summed E-state index contributed by atoms with van der Waals surface area (Å²) in [7, 11) is 0. The average molecular weight is 994 g/mol. The summed E-state index contributed by atoms with van der Waals surface area (Å²) in [6.45, 7) is 6.52. The second-order valence-electron chi connectivity index (χ2n) is 20.6. The van der Waals surface area contributed by atoms with E-state index >= 15 is 0 Å². The summed E-state index contributed by atoms with van der Waals surface area (Å²) in [6.07, 6.45) is 75.1. The number of unbranched alkanes of at least 4 members (excludes halogenated alkanes) is 35. The van der Waals surface area contributed by atoms with Crippen LogP contribution in [0, 0.1) is 0 Å². The molecular weight excluding hydrogens is 877 g/mol. The number of allylic oxidation sites excluding steroid dienone is 10. The van der Waals surface area contributed by atoms with Crippen molar-refractivity contribution in [1.82, 2.24) is 0 Å². The number of carbonyl (C=O) groups is 3. The van der Waals surface area contributed by atoms with Crippen molar-refractivity contribution in [1.29, 1.82) is 0 Å². The topological polar surface area (TPSA) is 78.9 Å². The number of hydrogen-bond donors (Lipinski definition) is 0. The van der Waals surface area contributed by atoms with Gasteiger partial charge in [-0.15, -0.1) is 0 Å². The summed E-state index contributed by atoms with van der Waals surface area (Å²) >= 11 is 0. The molecule has 0 aromatic carbocycles. The van der Waals surface area contributed by atoms with Crippen LogP contribution in [0.15, 0.2) is 60.8 Å². The molecule has 0 fully saturated rings. The SMILES string of the molecule is CC/C=C\C/C=C\C/C=C\C/C=C\CCCCCCC(=O)OC(COC(=O)CCCCCCC/C=C\CCCCCC)COC(=O)CCCCCCCCCCCCCCCCCCCCCCCCC. The van der Waals surface area contributed by atoms with E-state index in [9.17, 15) is 14.4 Å². The Morgan fingerprint density at radius 1 is 0.296 bits per heavy atom. The number of rotatable bonds is 56. The number of esters is 3. The van der Waals surface area contributed by atoms with Gasteiger partial charge in [0.05, 0.1) is 0 Å². The zero-order chi connectivity index (χ0) is 51.4. The van der Waals surface area contributed by atoms with Crippen molar-refractivity contribution in [3.63, 3.8) is 0 Å². The Labute approximate surface area is 440 Å². The van der Waals surface area contributed by atoms with Crippen molar-refractivity contribution in [2.24, 2.45) is 0 Å². The van der Waals surface area contributed by atoms with Gasteiger partial charge in [0, 0.05) is 19.3 Å². The molecule has 1 atom stereocenters. The molecule has 1 unspecified atom stereocenters. The van der Waals surface area contributed by atoms with E-state index in [-0.39, 0.29) is 31.1 Å². The van der Waals surface area contributed by atoms with Gasteiger partial charge in [-0.05, 0) is 83.5 Å². The van der Waals surface area contributed by atoms with Crippen LogP contribution in [0.1, 0.15) is 316 Å². The molecule has 0 N–H and O–H groups in total. The van der Waals surface area contributed by atoms with Crippen LogP contribution >= 0.6 is 0 Å². The van der Waals surface area contributed by atoms with E-state index in [1.54, 1.807) is 0 Å². The molecule has 0 bridgehead atoms. The van der Waals surface area contributed by atoms with E-state index in [1.165, 1.54) is 173 Å². The third-order valence-corrected chi connectivity index (χ3v) is 13.5. The molecular formula is C65H116O6. The minimum Gasteiger partial charge on any atom is -0.462 e. The summed E-state index contributed by atoms with van der Waals surface area (Å²) in [5, 5.41) is 0. The van der Waals surface area contributed by atoms with Crippen LogP contribution in [-0.4, -0.2) is 37.2 Å². The fourth-order valence-electron chi connectivity index (χ4n) is 8.90. The Morgan fingerprint density at radius 3 is 0.887 bits per heavy atom. The molecule has 412 valence electrons. The summed E-state index contributed by atoms with van der Waals surface area (Å²) in [4.78, 5) is 38.2. The highest BCUT2D eigenvalue weighted by Crippen LogP contribution is 2.17. The quantitative estimate of drug-likeness (QED) is 0.0261. The molecule has 0 saturated carbocycles. The molecule has 0 aromatic rings. The second kappa shape index (κ2) is 59.7. The van der Waals surface area contributed by atoms with Crippen molar-refractivity contribution in [3.8, 4) is 0 Å². The lowest BCUT2D eigenvalue weighted by atomic mass is 10.0. The molecule has 6 heteroatoms. The van der Waals surface area contributed by atoms with Crippen LogP contribution in [-0.2, 0) is 28.6 Å². The van der Waals surface area contributed by atoms with Crippen LogP contribution in [0.4, 0.5) is 0 Å². The van der Waals surface area contributed by atoms with Gasteiger partial charge in [0.15, 0.2) is 6.10 Å². The van der Waals surface area contributed by atoms with Gasteiger partial charge in [0.25, 0.3) is 0 Å². The fourth-order valence-corrected chi connectivity index (χ4v) is 8.90. The van der Waals surface area contributed by atoms with Gasteiger partial charge in [-0.25, -0.2) is 0 Å². The Kier molecular flexibility index (Phi) is 57.2. The maximum absolute atomic E-state index is 12.9. The zero-order valence-electron chi connectivity index (χ0n) is 47.2. The molecule has 0 amide bonds. The molecule has 0 radical (unpaired) electrons. The van der Waals surface area contributed by atoms with Gasteiger partial charge in [-0.3, -0.25) is 14.4 Å². The van der Waals surface area contributed by atoms with Gasteiger partial charge in [0.2, 0.25) is 0 Å². The normalized spacial score (nSPS) is 12.4. The van der Waals surface area contributed by atoms with Gasteiger partial charge >= 0.3 is 17.9 Å². The summed E-state index contributed by atoms with van der Waals surface area (Å²) in [5.74, 6) is -0.902.